The van der Waals surface area contributed by atoms with E-state index in [2.05, 4.69) is 19.2 Å². The summed E-state index contributed by atoms with van der Waals surface area (Å²) in [4.78, 5) is 0. The molecule has 0 saturated carbocycles. The van der Waals surface area contributed by atoms with Gasteiger partial charge in [-0.05, 0) is 30.4 Å². The summed E-state index contributed by atoms with van der Waals surface area (Å²) in [6.07, 6.45) is -0.0136. The molecule has 0 amide bonds. The van der Waals surface area contributed by atoms with Crippen molar-refractivity contribution in [3.8, 4) is 0 Å². The molecule has 1 aliphatic rings. The van der Waals surface area contributed by atoms with Gasteiger partial charge in [0.05, 0.1) is 17.6 Å². The van der Waals surface area contributed by atoms with E-state index >= 15 is 0 Å². The lowest BCUT2D eigenvalue weighted by Crippen LogP contribution is -2.45. The summed E-state index contributed by atoms with van der Waals surface area (Å²) in [6, 6.07) is 7.95. The van der Waals surface area contributed by atoms with Crippen molar-refractivity contribution in [1.82, 2.24) is 5.32 Å². The minimum absolute atomic E-state index is 0.152. The minimum Gasteiger partial charge on any atom is -0.387 e. The van der Waals surface area contributed by atoms with E-state index in [1.807, 2.05) is 31.2 Å². The molecule has 0 aliphatic carbocycles. The molecule has 21 heavy (non-hydrogen) atoms. The van der Waals surface area contributed by atoms with Gasteiger partial charge in [-0.1, -0.05) is 38.1 Å². The Bertz CT molecular complexity index is 580. The fourth-order valence-corrected chi connectivity index (χ4v) is 4.84. The monoisotopic (exact) mass is 311 g/mol. The molecule has 1 saturated heterocycles. The third kappa shape index (κ3) is 4.28. The van der Waals surface area contributed by atoms with E-state index < -0.39 is 21.5 Å². The Morgan fingerprint density at radius 2 is 1.81 bits per heavy atom. The maximum atomic E-state index is 11.6. The molecule has 1 aromatic rings. The summed E-state index contributed by atoms with van der Waals surface area (Å²) < 4.78 is 23.1. The van der Waals surface area contributed by atoms with Crippen molar-refractivity contribution in [2.24, 2.45) is 0 Å². The highest BCUT2D eigenvalue weighted by atomic mass is 32.2. The largest absolute Gasteiger partial charge is 0.387 e. The predicted octanol–water partition coefficient (Wildman–Crippen LogP) is 2.01. The summed E-state index contributed by atoms with van der Waals surface area (Å²) in [6.45, 7) is 6.54. The van der Waals surface area contributed by atoms with Gasteiger partial charge >= 0.3 is 0 Å². The third-order valence-electron chi connectivity index (χ3n) is 4.21. The van der Waals surface area contributed by atoms with Gasteiger partial charge in [-0.3, -0.25) is 0 Å². The van der Waals surface area contributed by atoms with Crippen LogP contribution in [0.25, 0.3) is 0 Å². The minimum atomic E-state index is -2.93. The van der Waals surface area contributed by atoms with Crippen LogP contribution in [0.3, 0.4) is 0 Å². The Labute approximate surface area is 127 Å². The third-order valence-corrected chi connectivity index (χ3v) is 6.12. The zero-order valence-electron chi connectivity index (χ0n) is 13.0. The number of hydrogen-bond acceptors (Lipinski definition) is 4. The number of hydrogen-bond donors (Lipinski definition) is 2. The summed E-state index contributed by atoms with van der Waals surface area (Å²) >= 11 is 0. The molecule has 2 atom stereocenters. The van der Waals surface area contributed by atoms with Gasteiger partial charge in [-0.2, -0.15) is 0 Å². The number of sulfone groups is 1. The number of aliphatic hydroxyl groups excluding tert-OH is 1. The number of aliphatic hydroxyl groups is 1. The van der Waals surface area contributed by atoms with Crippen molar-refractivity contribution in [2.45, 2.75) is 44.8 Å². The first-order valence-electron chi connectivity index (χ1n) is 7.44. The SMILES string of the molecule is CC(C)c1ccc(C(O)CNC2(C)CCS(=O)(=O)C2)cc1. The summed E-state index contributed by atoms with van der Waals surface area (Å²) in [7, 11) is -2.93. The fourth-order valence-electron chi connectivity index (χ4n) is 2.71. The molecule has 0 bridgehead atoms. The molecule has 1 aromatic carbocycles. The summed E-state index contributed by atoms with van der Waals surface area (Å²) in [5.74, 6) is 0.853. The Kier molecular flexibility index (Phi) is 4.76. The van der Waals surface area contributed by atoms with Crippen molar-refractivity contribution in [3.63, 3.8) is 0 Å². The number of β-amino-alcohol motifs (C(OH)–C–C–N with tert-alkyl or cyclic N) is 1. The van der Waals surface area contributed by atoms with E-state index in [0.717, 1.165) is 5.56 Å². The normalized spacial score (nSPS) is 26.1. The molecule has 118 valence electrons. The van der Waals surface area contributed by atoms with Crippen LogP contribution in [0.4, 0.5) is 0 Å². The molecule has 2 rings (SSSR count). The molecule has 1 heterocycles. The average molecular weight is 311 g/mol. The van der Waals surface area contributed by atoms with Crippen LogP contribution in [0.1, 0.15) is 50.3 Å². The highest BCUT2D eigenvalue weighted by Gasteiger charge is 2.38. The van der Waals surface area contributed by atoms with Gasteiger partial charge in [-0.25, -0.2) is 8.42 Å². The van der Waals surface area contributed by atoms with E-state index in [0.29, 0.717) is 18.9 Å². The topological polar surface area (TPSA) is 66.4 Å². The van der Waals surface area contributed by atoms with Gasteiger partial charge in [0.15, 0.2) is 9.84 Å². The zero-order chi connectivity index (χ0) is 15.7. The lowest BCUT2D eigenvalue weighted by Gasteiger charge is -2.26. The maximum Gasteiger partial charge on any atom is 0.152 e. The van der Waals surface area contributed by atoms with E-state index in [9.17, 15) is 13.5 Å². The van der Waals surface area contributed by atoms with Gasteiger partial charge in [0.1, 0.15) is 0 Å². The lowest BCUT2D eigenvalue weighted by molar-refractivity contribution is 0.161. The van der Waals surface area contributed by atoms with Gasteiger partial charge in [-0.15, -0.1) is 0 Å². The van der Waals surface area contributed by atoms with E-state index in [1.165, 1.54) is 5.56 Å². The van der Waals surface area contributed by atoms with Crippen molar-refractivity contribution < 1.29 is 13.5 Å². The molecule has 1 aliphatic heterocycles. The molecule has 1 fully saturated rings. The first-order valence-corrected chi connectivity index (χ1v) is 9.26. The highest BCUT2D eigenvalue weighted by Crippen LogP contribution is 2.24. The first kappa shape index (κ1) is 16.5. The Morgan fingerprint density at radius 3 is 2.29 bits per heavy atom. The Morgan fingerprint density at radius 1 is 1.24 bits per heavy atom. The quantitative estimate of drug-likeness (QED) is 0.873. The van der Waals surface area contributed by atoms with Crippen LogP contribution in [0, 0.1) is 0 Å². The van der Waals surface area contributed by atoms with Crippen molar-refractivity contribution in [3.05, 3.63) is 35.4 Å². The Hall–Kier alpha value is -0.910. The first-order chi connectivity index (χ1) is 9.71. The molecule has 2 unspecified atom stereocenters. The molecule has 5 heteroatoms. The smallest absolute Gasteiger partial charge is 0.152 e. The van der Waals surface area contributed by atoms with E-state index in [1.54, 1.807) is 0 Å². The standard InChI is InChI=1S/C16H25NO3S/c1-12(2)13-4-6-14(7-5-13)15(18)10-17-16(3)8-9-21(19,20)11-16/h4-7,12,15,17-18H,8-11H2,1-3H3. The molecule has 0 aromatic heterocycles. The van der Waals surface area contributed by atoms with Gasteiger partial charge in [0.25, 0.3) is 0 Å². The molecule has 0 radical (unpaired) electrons. The van der Waals surface area contributed by atoms with Crippen LogP contribution < -0.4 is 5.32 Å². The second kappa shape index (κ2) is 6.07. The van der Waals surface area contributed by atoms with E-state index in [4.69, 9.17) is 0 Å². The molecule has 0 spiro atoms. The molecular formula is C16H25NO3S. The Balaban J connectivity index is 1.94. The molecule has 2 N–H and O–H groups in total. The summed E-state index contributed by atoms with van der Waals surface area (Å²) in [5.41, 5.74) is 1.68. The van der Waals surface area contributed by atoms with Gasteiger partial charge in [0, 0.05) is 12.1 Å². The van der Waals surface area contributed by atoms with Crippen LogP contribution in [-0.4, -0.2) is 37.1 Å². The zero-order valence-corrected chi connectivity index (χ0v) is 13.8. The number of benzene rings is 1. The fraction of sp³-hybridized carbons (Fsp3) is 0.625. The van der Waals surface area contributed by atoms with Crippen LogP contribution in [-0.2, 0) is 9.84 Å². The second-order valence-corrected chi connectivity index (χ2v) is 8.80. The van der Waals surface area contributed by atoms with Gasteiger partial charge in [0.2, 0.25) is 0 Å². The van der Waals surface area contributed by atoms with Crippen LogP contribution >= 0.6 is 0 Å². The van der Waals surface area contributed by atoms with Crippen LogP contribution in [0.5, 0.6) is 0 Å². The average Bonchev–Trinajstić information content (AvgIpc) is 2.71. The maximum absolute atomic E-state index is 11.6. The van der Waals surface area contributed by atoms with Crippen molar-refractivity contribution in [2.75, 3.05) is 18.1 Å². The highest BCUT2D eigenvalue weighted by molar-refractivity contribution is 7.91. The van der Waals surface area contributed by atoms with E-state index in [-0.39, 0.29) is 11.5 Å². The van der Waals surface area contributed by atoms with Crippen molar-refractivity contribution >= 4 is 9.84 Å². The van der Waals surface area contributed by atoms with Crippen LogP contribution in [0.15, 0.2) is 24.3 Å². The number of nitrogens with one attached hydrogen (secondary N) is 1. The predicted molar refractivity (Wildman–Crippen MR) is 85.2 cm³/mol. The molecular weight excluding hydrogens is 286 g/mol. The van der Waals surface area contributed by atoms with Crippen molar-refractivity contribution in [1.29, 1.82) is 0 Å². The number of rotatable bonds is 5. The lowest BCUT2D eigenvalue weighted by atomic mass is 9.98. The summed E-state index contributed by atoms with van der Waals surface area (Å²) in [5, 5.41) is 13.5. The molecule has 4 nitrogen and oxygen atoms in total. The van der Waals surface area contributed by atoms with Gasteiger partial charge < -0.3 is 10.4 Å². The van der Waals surface area contributed by atoms with Crippen LogP contribution in [0.2, 0.25) is 0 Å². The second-order valence-electron chi connectivity index (χ2n) is 6.62.